The van der Waals surface area contributed by atoms with Crippen molar-refractivity contribution < 1.29 is 4.74 Å². The molecule has 112 valence electrons. The molecule has 1 aliphatic heterocycles. The molecule has 0 radical (unpaired) electrons. The summed E-state index contributed by atoms with van der Waals surface area (Å²) in [5.74, 6) is 0.748. The predicted octanol–water partition coefficient (Wildman–Crippen LogP) is 2.51. The summed E-state index contributed by atoms with van der Waals surface area (Å²) in [5, 5.41) is 3.80. The van der Waals surface area contributed by atoms with Gasteiger partial charge in [-0.25, -0.2) is 0 Å². The Labute approximate surface area is 119 Å². The Bertz CT molecular complexity index is 292. The molecule has 1 N–H and O–H groups in total. The molecule has 2 aliphatic rings. The van der Waals surface area contributed by atoms with E-state index in [2.05, 4.69) is 45.0 Å². The molecule has 0 aromatic carbocycles. The average molecular weight is 268 g/mol. The standard InChI is InChI=1S/C16H32N2O/c1-6-12(2)18(5)10-9-17-14-13-8-7-11-19-15(13)16(14,3)4/h12-15,17H,6-11H2,1-5H3. The van der Waals surface area contributed by atoms with Gasteiger partial charge in [0.05, 0.1) is 6.10 Å². The second-order valence-corrected chi connectivity index (χ2v) is 7.09. The zero-order valence-corrected chi connectivity index (χ0v) is 13.4. The number of nitrogens with zero attached hydrogens (tertiary/aromatic N) is 1. The molecule has 0 aromatic heterocycles. The maximum atomic E-state index is 5.96. The maximum absolute atomic E-state index is 5.96. The van der Waals surface area contributed by atoms with Crippen LogP contribution in [0.4, 0.5) is 0 Å². The SMILES string of the molecule is CCC(C)N(C)CCNC1C2CCCOC2C1(C)C. The molecular formula is C16H32N2O. The molecular weight excluding hydrogens is 236 g/mol. The third kappa shape index (κ3) is 2.98. The fourth-order valence-electron chi connectivity index (χ4n) is 3.87. The Morgan fingerprint density at radius 1 is 1.42 bits per heavy atom. The summed E-state index contributed by atoms with van der Waals surface area (Å²) < 4.78 is 5.96. The quantitative estimate of drug-likeness (QED) is 0.801. The van der Waals surface area contributed by atoms with Crippen molar-refractivity contribution in [2.24, 2.45) is 11.3 Å². The molecule has 0 spiro atoms. The fourth-order valence-corrected chi connectivity index (χ4v) is 3.87. The second kappa shape index (κ2) is 6.11. The van der Waals surface area contributed by atoms with Gasteiger partial charge in [0.1, 0.15) is 0 Å². The van der Waals surface area contributed by atoms with Crippen molar-refractivity contribution in [3.63, 3.8) is 0 Å². The Balaban J connectivity index is 1.77. The summed E-state index contributed by atoms with van der Waals surface area (Å²) in [5.41, 5.74) is 0.306. The van der Waals surface area contributed by atoms with Crippen LogP contribution in [-0.4, -0.2) is 49.8 Å². The average Bonchev–Trinajstić information content (AvgIpc) is 2.42. The van der Waals surface area contributed by atoms with Gasteiger partial charge in [-0.15, -0.1) is 0 Å². The van der Waals surface area contributed by atoms with E-state index in [0.717, 1.165) is 25.6 Å². The number of hydrogen-bond donors (Lipinski definition) is 1. The molecule has 2 fully saturated rings. The molecule has 0 bridgehead atoms. The molecule has 1 heterocycles. The van der Waals surface area contributed by atoms with Gasteiger partial charge in [-0.1, -0.05) is 20.8 Å². The van der Waals surface area contributed by atoms with E-state index in [0.29, 0.717) is 23.6 Å². The zero-order valence-electron chi connectivity index (χ0n) is 13.4. The van der Waals surface area contributed by atoms with Crippen LogP contribution < -0.4 is 5.32 Å². The van der Waals surface area contributed by atoms with E-state index in [1.54, 1.807) is 0 Å². The lowest BCUT2D eigenvalue weighted by Gasteiger charge is -2.60. The lowest BCUT2D eigenvalue weighted by atomic mass is 9.55. The highest BCUT2D eigenvalue weighted by molar-refractivity contribution is 5.10. The van der Waals surface area contributed by atoms with E-state index in [1.165, 1.54) is 19.3 Å². The minimum Gasteiger partial charge on any atom is -0.377 e. The van der Waals surface area contributed by atoms with Crippen molar-refractivity contribution in [3.8, 4) is 0 Å². The zero-order chi connectivity index (χ0) is 14.0. The van der Waals surface area contributed by atoms with Crippen molar-refractivity contribution in [2.75, 3.05) is 26.7 Å². The lowest BCUT2D eigenvalue weighted by Crippen LogP contribution is -2.69. The van der Waals surface area contributed by atoms with Gasteiger partial charge < -0.3 is 15.0 Å². The largest absolute Gasteiger partial charge is 0.377 e. The molecule has 0 aromatic rings. The van der Waals surface area contributed by atoms with Crippen LogP contribution in [0.15, 0.2) is 0 Å². The number of rotatable bonds is 6. The van der Waals surface area contributed by atoms with Crippen LogP contribution in [0.3, 0.4) is 0 Å². The first kappa shape index (κ1) is 15.3. The molecule has 19 heavy (non-hydrogen) atoms. The van der Waals surface area contributed by atoms with Gasteiger partial charge in [-0.2, -0.15) is 0 Å². The summed E-state index contributed by atoms with van der Waals surface area (Å²) in [6, 6.07) is 1.32. The molecule has 0 amide bonds. The third-order valence-corrected chi connectivity index (χ3v) is 5.50. The van der Waals surface area contributed by atoms with Crippen LogP contribution in [0.25, 0.3) is 0 Å². The summed E-state index contributed by atoms with van der Waals surface area (Å²) in [7, 11) is 2.23. The predicted molar refractivity (Wildman–Crippen MR) is 80.4 cm³/mol. The Morgan fingerprint density at radius 2 is 2.16 bits per heavy atom. The number of nitrogens with one attached hydrogen (secondary N) is 1. The smallest absolute Gasteiger partial charge is 0.0684 e. The molecule has 3 nitrogen and oxygen atoms in total. The van der Waals surface area contributed by atoms with E-state index in [9.17, 15) is 0 Å². The highest BCUT2D eigenvalue weighted by atomic mass is 16.5. The van der Waals surface area contributed by atoms with Gasteiger partial charge in [-0.3, -0.25) is 0 Å². The first-order chi connectivity index (χ1) is 8.98. The van der Waals surface area contributed by atoms with E-state index >= 15 is 0 Å². The molecule has 1 saturated carbocycles. The number of ether oxygens (including phenoxy) is 1. The van der Waals surface area contributed by atoms with Crippen LogP contribution >= 0.6 is 0 Å². The van der Waals surface area contributed by atoms with E-state index in [4.69, 9.17) is 4.74 Å². The number of fused-ring (bicyclic) bond motifs is 1. The van der Waals surface area contributed by atoms with Crippen molar-refractivity contribution in [2.45, 2.75) is 65.1 Å². The summed E-state index contributed by atoms with van der Waals surface area (Å²) >= 11 is 0. The van der Waals surface area contributed by atoms with Crippen molar-refractivity contribution in [1.29, 1.82) is 0 Å². The lowest BCUT2D eigenvalue weighted by molar-refractivity contribution is -0.192. The number of hydrogen-bond acceptors (Lipinski definition) is 3. The van der Waals surface area contributed by atoms with Crippen molar-refractivity contribution >= 4 is 0 Å². The van der Waals surface area contributed by atoms with Crippen LogP contribution in [0, 0.1) is 11.3 Å². The minimum absolute atomic E-state index is 0.306. The fraction of sp³-hybridized carbons (Fsp3) is 1.00. The normalized spacial score (nSPS) is 34.7. The second-order valence-electron chi connectivity index (χ2n) is 7.09. The van der Waals surface area contributed by atoms with Gasteiger partial charge in [0, 0.05) is 43.1 Å². The highest BCUT2D eigenvalue weighted by Gasteiger charge is 2.57. The van der Waals surface area contributed by atoms with Crippen LogP contribution in [-0.2, 0) is 4.74 Å². The van der Waals surface area contributed by atoms with Gasteiger partial charge >= 0.3 is 0 Å². The minimum atomic E-state index is 0.306. The molecule has 4 unspecified atom stereocenters. The van der Waals surface area contributed by atoms with Crippen LogP contribution in [0.5, 0.6) is 0 Å². The summed E-state index contributed by atoms with van der Waals surface area (Å²) in [6.07, 6.45) is 4.30. The third-order valence-electron chi connectivity index (χ3n) is 5.50. The topological polar surface area (TPSA) is 24.5 Å². The van der Waals surface area contributed by atoms with Crippen molar-refractivity contribution in [1.82, 2.24) is 10.2 Å². The molecule has 4 atom stereocenters. The molecule has 3 heteroatoms. The van der Waals surface area contributed by atoms with Crippen LogP contribution in [0.1, 0.15) is 47.0 Å². The number of likely N-dealkylation sites (N-methyl/N-ethyl adjacent to an activating group) is 1. The molecule has 1 aliphatic carbocycles. The van der Waals surface area contributed by atoms with Gasteiger partial charge in [0.25, 0.3) is 0 Å². The van der Waals surface area contributed by atoms with E-state index in [1.807, 2.05) is 0 Å². The van der Waals surface area contributed by atoms with Gasteiger partial charge in [0.15, 0.2) is 0 Å². The van der Waals surface area contributed by atoms with Crippen molar-refractivity contribution in [3.05, 3.63) is 0 Å². The Hall–Kier alpha value is -0.120. The first-order valence-corrected chi connectivity index (χ1v) is 8.03. The monoisotopic (exact) mass is 268 g/mol. The molecule has 2 rings (SSSR count). The van der Waals surface area contributed by atoms with E-state index < -0.39 is 0 Å². The summed E-state index contributed by atoms with van der Waals surface area (Å²) in [6.45, 7) is 12.5. The Morgan fingerprint density at radius 3 is 2.84 bits per heavy atom. The maximum Gasteiger partial charge on any atom is 0.0684 e. The van der Waals surface area contributed by atoms with Gasteiger partial charge in [-0.05, 0) is 33.2 Å². The Kier molecular flexibility index (Phi) is 4.91. The first-order valence-electron chi connectivity index (χ1n) is 8.03. The summed E-state index contributed by atoms with van der Waals surface area (Å²) in [4.78, 5) is 2.45. The van der Waals surface area contributed by atoms with E-state index in [-0.39, 0.29) is 0 Å². The highest BCUT2D eigenvalue weighted by Crippen LogP contribution is 2.51. The van der Waals surface area contributed by atoms with Gasteiger partial charge in [0.2, 0.25) is 0 Å². The molecule has 1 saturated heterocycles. The van der Waals surface area contributed by atoms with Crippen LogP contribution in [0.2, 0.25) is 0 Å².